The van der Waals surface area contributed by atoms with Crippen molar-refractivity contribution in [2.24, 2.45) is 0 Å². The van der Waals surface area contributed by atoms with Crippen molar-refractivity contribution in [3.63, 3.8) is 0 Å². The van der Waals surface area contributed by atoms with Crippen molar-refractivity contribution in [1.82, 2.24) is 4.90 Å². The summed E-state index contributed by atoms with van der Waals surface area (Å²) in [5, 5.41) is 2.89. The Balaban J connectivity index is 1.95. The summed E-state index contributed by atoms with van der Waals surface area (Å²) in [5.74, 6) is -0.681. The third-order valence-electron chi connectivity index (χ3n) is 3.92. The van der Waals surface area contributed by atoms with E-state index in [0.717, 1.165) is 5.56 Å². The smallest absolute Gasteiger partial charge is 0.387 e. The zero-order valence-electron chi connectivity index (χ0n) is 14.2. The number of nitrogens with one attached hydrogen (secondary N) is 1. The van der Waals surface area contributed by atoms with Crippen LogP contribution in [0.5, 0.6) is 5.75 Å². The SMILES string of the molecule is C[C@@H](c1ccc(F)cc1)N(C)C(=O)CNc1ccc(OC(F)F)c(Cl)c1. The number of alkyl halides is 2. The lowest BCUT2D eigenvalue weighted by molar-refractivity contribution is -0.129. The van der Waals surface area contributed by atoms with Crippen LogP contribution in [0.1, 0.15) is 18.5 Å². The molecule has 2 aromatic carbocycles. The van der Waals surface area contributed by atoms with Gasteiger partial charge in [-0.3, -0.25) is 4.79 Å². The minimum atomic E-state index is -2.96. The highest BCUT2D eigenvalue weighted by molar-refractivity contribution is 6.32. The average molecular weight is 387 g/mol. The number of likely N-dealkylation sites (N-methyl/N-ethyl adjacent to an activating group) is 1. The molecule has 140 valence electrons. The van der Waals surface area contributed by atoms with Gasteiger partial charge in [0.25, 0.3) is 0 Å². The molecule has 1 atom stereocenters. The molecule has 0 heterocycles. The molecular formula is C18H18ClF3N2O2. The summed E-state index contributed by atoms with van der Waals surface area (Å²) in [6.07, 6.45) is 0. The van der Waals surface area contributed by atoms with E-state index in [1.165, 1.54) is 35.2 Å². The van der Waals surface area contributed by atoms with Gasteiger partial charge in [-0.05, 0) is 42.8 Å². The highest BCUT2D eigenvalue weighted by atomic mass is 35.5. The fourth-order valence-electron chi connectivity index (χ4n) is 2.29. The van der Waals surface area contributed by atoms with Gasteiger partial charge in [-0.15, -0.1) is 0 Å². The monoisotopic (exact) mass is 386 g/mol. The first-order valence-electron chi connectivity index (χ1n) is 7.77. The number of ether oxygens (including phenoxy) is 1. The van der Waals surface area contributed by atoms with Gasteiger partial charge < -0.3 is 15.0 Å². The number of hydrogen-bond donors (Lipinski definition) is 1. The summed E-state index contributed by atoms with van der Waals surface area (Å²) in [7, 11) is 1.64. The van der Waals surface area contributed by atoms with Gasteiger partial charge >= 0.3 is 6.61 Å². The van der Waals surface area contributed by atoms with Crippen LogP contribution in [0.3, 0.4) is 0 Å². The molecule has 0 fully saturated rings. The number of carbonyl (C=O) groups is 1. The Morgan fingerprint density at radius 2 is 1.88 bits per heavy atom. The van der Waals surface area contributed by atoms with Crippen LogP contribution in [-0.2, 0) is 4.79 Å². The van der Waals surface area contributed by atoms with Crippen molar-refractivity contribution in [3.8, 4) is 5.75 Å². The molecule has 0 bridgehead atoms. The van der Waals surface area contributed by atoms with E-state index < -0.39 is 6.61 Å². The number of rotatable bonds is 7. The zero-order chi connectivity index (χ0) is 19.3. The first kappa shape index (κ1) is 19.9. The Bertz CT molecular complexity index is 757. The van der Waals surface area contributed by atoms with E-state index >= 15 is 0 Å². The van der Waals surface area contributed by atoms with E-state index in [9.17, 15) is 18.0 Å². The maximum atomic E-state index is 13.0. The number of hydrogen-bond acceptors (Lipinski definition) is 3. The van der Waals surface area contributed by atoms with Crippen LogP contribution in [0.4, 0.5) is 18.9 Å². The predicted molar refractivity (Wildman–Crippen MR) is 94.2 cm³/mol. The number of amides is 1. The number of anilines is 1. The number of benzene rings is 2. The van der Waals surface area contributed by atoms with E-state index in [0.29, 0.717) is 5.69 Å². The molecule has 0 aliphatic carbocycles. The van der Waals surface area contributed by atoms with Crippen LogP contribution in [-0.4, -0.2) is 31.0 Å². The summed E-state index contributed by atoms with van der Waals surface area (Å²) in [4.78, 5) is 13.9. The van der Waals surface area contributed by atoms with Crippen LogP contribution in [0.15, 0.2) is 42.5 Å². The van der Waals surface area contributed by atoms with Crippen LogP contribution in [0, 0.1) is 5.82 Å². The molecule has 2 rings (SSSR count). The summed E-state index contributed by atoms with van der Waals surface area (Å²) in [6.45, 7) is -1.15. The van der Waals surface area contributed by atoms with E-state index in [-0.39, 0.29) is 35.1 Å². The predicted octanol–water partition coefficient (Wildman–Crippen LogP) is 4.71. The summed E-state index contributed by atoms with van der Waals surface area (Å²) in [5.41, 5.74) is 1.30. The first-order chi connectivity index (χ1) is 12.3. The van der Waals surface area contributed by atoms with E-state index in [1.807, 2.05) is 6.92 Å². The van der Waals surface area contributed by atoms with Gasteiger partial charge in [0.2, 0.25) is 5.91 Å². The molecule has 0 aliphatic rings. The van der Waals surface area contributed by atoms with Gasteiger partial charge in [0.05, 0.1) is 17.6 Å². The number of nitrogens with zero attached hydrogens (tertiary/aromatic N) is 1. The van der Waals surface area contributed by atoms with Crippen LogP contribution in [0.2, 0.25) is 5.02 Å². The van der Waals surface area contributed by atoms with Crippen molar-refractivity contribution in [1.29, 1.82) is 0 Å². The van der Waals surface area contributed by atoms with Crippen LogP contribution >= 0.6 is 11.6 Å². The van der Waals surface area contributed by atoms with Crippen LogP contribution in [0.25, 0.3) is 0 Å². The normalized spacial score (nSPS) is 12.0. The lowest BCUT2D eigenvalue weighted by atomic mass is 10.1. The first-order valence-corrected chi connectivity index (χ1v) is 8.15. The minimum Gasteiger partial charge on any atom is -0.433 e. The molecule has 26 heavy (non-hydrogen) atoms. The van der Waals surface area contributed by atoms with Gasteiger partial charge in [-0.2, -0.15) is 8.78 Å². The molecule has 8 heteroatoms. The van der Waals surface area contributed by atoms with Gasteiger partial charge in [0.15, 0.2) is 0 Å². The molecule has 0 unspecified atom stereocenters. The fraction of sp³-hybridized carbons (Fsp3) is 0.278. The topological polar surface area (TPSA) is 41.6 Å². The van der Waals surface area contributed by atoms with Crippen molar-refractivity contribution in [2.45, 2.75) is 19.6 Å². The molecule has 2 aromatic rings. The summed E-state index contributed by atoms with van der Waals surface area (Å²) >= 11 is 5.87. The van der Waals surface area contributed by atoms with Crippen LogP contribution < -0.4 is 10.1 Å². The molecule has 0 aliphatic heterocycles. The molecule has 0 radical (unpaired) electrons. The second kappa shape index (κ2) is 8.80. The van der Waals surface area contributed by atoms with Gasteiger partial charge in [-0.1, -0.05) is 23.7 Å². The molecule has 0 saturated carbocycles. The highest BCUT2D eigenvalue weighted by Crippen LogP contribution is 2.29. The zero-order valence-corrected chi connectivity index (χ0v) is 14.9. The van der Waals surface area contributed by atoms with Gasteiger partial charge in [0, 0.05) is 12.7 Å². The lowest BCUT2D eigenvalue weighted by Gasteiger charge is -2.25. The Kier molecular flexibility index (Phi) is 6.74. The van der Waals surface area contributed by atoms with E-state index in [1.54, 1.807) is 19.2 Å². The van der Waals surface area contributed by atoms with E-state index in [4.69, 9.17) is 11.6 Å². The highest BCUT2D eigenvalue weighted by Gasteiger charge is 2.17. The van der Waals surface area contributed by atoms with Crippen molar-refractivity contribution >= 4 is 23.2 Å². The molecule has 0 spiro atoms. The van der Waals surface area contributed by atoms with E-state index in [2.05, 4.69) is 10.1 Å². The number of carbonyl (C=O) groups excluding carboxylic acids is 1. The fourth-order valence-corrected chi connectivity index (χ4v) is 2.51. The number of halogens is 4. The van der Waals surface area contributed by atoms with Crippen molar-refractivity contribution in [3.05, 3.63) is 58.9 Å². The third kappa shape index (κ3) is 5.29. The lowest BCUT2D eigenvalue weighted by Crippen LogP contribution is -2.34. The Labute approximate surface area is 154 Å². The Hall–Kier alpha value is -2.41. The maximum absolute atomic E-state index is 13.0. The third-order valence-corrected chi connectivity index (χ3v) is 4.21. The Morgan fingerprint density at radius 3 is 2.46 bits per heavy atom. The quantitative estimate of drug-likeness (QED) is 0.749. The molecule has 1 amide bonds. The molecule has 1 N–H and O–H groups in total. The van der Waals surface area contributed by atoms with Gasteiger partial charge in [-0.25, -0.2) is 4.39 Å². The average Bonchev–Trinajstić information content (AvgIpc) is 2.60. The molecule has 0 saturated heterocycles. The van der Waals surface area contributed by atoms with Gasteiger partial charge in [0.1, 0.15) is 11.6 Å². The maximum Gasteiger partial charge on any atom is 0.387 e. The second-order valence-corrected chi connectivity index (χ2v) is 6.02. The van der Waals surface area contributed by atoms with Crippen molar-refractivity contribution in [2.75, 3.05) is 18.9 Å². The largest absolute Gasteiger partial charge is 0.433 e. The second-order valence-electron chi connectivity index (χ2n) is 5.61. The molecule has 4 nitrogen and oxygen atoms in total. The molecular weight excluding hydrogens is 369 g/mol. The minimum absolute atomic E-state index is 0.00999. The van der Waals surface area contributed by atoms with Crippen molar-refractivity contribution < 1.29 is 22.7 Å². The molecule has 0 aromatic heterocycles. The standard InChI is InChI=1S/C18H18ClF3N2O2/c1-11(12-3-5-13(20)6-4-12)24(2)17(25)10-23-14-7-8-16(15(19)9-14)26-18(21)22/h3-9,11,18,23H,10H2,1-2H3/t11-/m0/s1. The summed E-state index contributed by atoms with van der Waals surface area (Å²) < 4.78 is 41.7. The summed E-state index contributed by atoms with van der Waals surface area (Å²) in [6, 6.07) is 9.87. The Morgan fingerprint density at radius 1 is 1.23 bits per heavy atom.